The van der Waals surface area contributed by atoms with Crippen LogP contribution in [0, 0.1) is 6.33 Å². The minimum Gasteiger partial charge on any atom is -0.333 e. The monoisotopic (exact) mass is 95.0 g/mol. The van der Waals surface area contributed by atoms with Crippen molar-refractivity contribution in [2.24, 2.45) is 0 Å². The third kappa shape index (κ3) is 0.652. The van der Waals surface area contributed by atoms with Crippen LogP contribution in [0.1, 0.15) is 10.5 Å². The van der Waals surface area contributed by atoms with Gasteiger partial charge in [-0.2, -0.15) is 0 Å². The van der Waals surface area contributed by atoms with Gasteiger partial charge in [0.05, 0.1) is 11.9 Å². The van der Waals surface area contributed by atoms with Crippen molar-refractivity contribution < 1.29 is 4.79 Å². The van der Waals surface area contributed by atoms with Crippen molar-refractivity contribution in [2.45, 2.75) is 0 Å². The quantitative estimate of drug-likeness (QED) is 0.500. The van der Waals surface area contributed by atoms with Crippen LogP contribution in [0.3, 0.4) is 0 Å². The molecule has 3 heteroatoms. The molecule has 7 heavy (non-hydrogen) atoms. The first kappa shape index (κ1) is 4.05. The molecule has 0 amide bonds. The lowest BCUT2D eigenvalue weighted by Crippen LogP contribution is -1.72. The van der Waals surface area contributed by atoms with E-state index in [1.165, 1.54) is 6.20 Å². The lowest BCUT2D eigenvalue weighted by Gasteiger charge is -1.67. The van der Waals surface area contributed by atoms with Gasteiger partial charge < -0.3 is 4.98 Å². The Balaban J connectivity index is 2.96. The van der Waals surface area contributed by atoms with Crippen LogP contribution in [-0.4, -0.2) is 16.3 Å². The van der Waals surface area contributed by atoms with Crippen molar-refractivity contribution in [1.29, 1.82) is 0 Å². The highest BCUT2D eigenvalue weighted by Gasteiger charge is 1.83. The van der Waals surface area contributed by atoms with Gasteiger partial charge in [-0.05, 0) is 0 Å². The number of H-pyrrole nitrogens is 1. The summed E-state index contributed by atoms with van der Waals surface area (Å²) < 4.78 is 0. The Labute approximate surface area is 40.4 Å². The van der Waals surface area contributed by atoms with Gasteiger partial charge in [0.25, 0.3) is 0 Å². The highest BCUT2D eigenvalue weighted by molar-refractivity contribution is 5.70. The first-order valence-electron chi connectivity index (χ1n) is 1.79. The zero-order valence-electron chi connectivity index (χ0n) is 3.51. The molecule has 0 spiro atoms. The van der Waals surface area contributed by atoms with E-state index in [1.807, 2.05) is 0 Å². The maximum atomic E-state index is 9.78. The standard InChI is InChI=1S/C4H3N2O/c7-2-4-1-5-3-6-4/h1-2H,(H,5,6). The average molecular weight is 95.1 g/mol. The number of imidazole rings is 1. The highest BCUT2D eigenvalue weighted by atomic mass is 16.1. The summed E-state index contributed by atoms with van der Waals surface area (Å²) in [7, 11) is 0. The first-order valence-corrected chi connectivity index (χ1v) is 1.79. The second kappa shape index (κ2) is 1.55. The Morgan fingerprint density at radius 1 is 2.00 bits per heavy atom. The third-order valence-electron chi connectivity index (χ3n) is 0.595. The Hall–Kier alpha value is -1.12. The predicted octanol–water partition coefficient (Wildman–Crippen LogP) is 0.0224. The van der Waals surface area contributed by atoms with Gasteiger partial charge in [0.1, 0.15) is 0 Å². The van der Waals surface area contributed by atoms with Crippen molar-refractivity contribution in [2.75, 3.05) is 0 Å². The zero-order valence-corrected chi connectivity index (χ0v) is 3.51. The molecule has 0 atom stereocenters. The molecule has 1 N–H and O–H groups in total. The van der Waals surface area contributed by atoms with E-state index in [4.69, 9.17) is 0 Å². The van der Waals surface area contributed by atoms with Crippen molar-refractivity contribution >= 4 is 6.29 Å². The van der Waals surface area contributed by atoms with Crippen LogP contribution in [0.2, 0.25) is 0 Å². The molecule has 1 rings (SSSR count). The molecule has 0 fully saturated rings. The molecule has 0 aliphatic rings. The molecule has 0 aliphatic heterocycles. The summed E-state index contributed by atoms with van der Waals surface area (Å²) in [5.74, 6) is 0. The van der Waals surface area contributed by atoms with E-state index in [9.17, 15) is 4.79 Å². The Bertz CT molecular complexity index is 145. The third-order valence-corrected chi connectivity index (χ3v) is 0.595. The van der Waals surface area contributed by atoms with E-state index >= 15 is 0 Å². The summed E-state index contributed by atoms with van der Waals surface area (Å²) in [5, 5.41) is 0. The number of nitrogens with zero attached hydrogens (tertiary/aromatic N) is 1. The molecule has 0 aliphatic carbocycles. The number of hydrogen-bond donors (Lipinski definition) is 1. The smallest absolute Gasteiger partial charge is 0.174 e. The topological polar surface area (TPSA) is 45.8 Å². The largest absolute Gasteiger partial charge is 0.333 e. The summed E-state index contributed by atoms with van der Waals surface area (Å²) in [6, 6.07) is 0. The lowest BCUT2D eigenvalue weighted by atomic mass is 10.6. The molecular formula is C4H3N2O. The van der Waals surface area contributed by atoms with Gasteiger partial charge in [-0.15, -0.1) is 0 Å². The summed E-state index contributed by atoms with van der Waals surface area (Å²) in [5.41, 5.74) is 0.458. The van der Waals surface area contributed by atoms with Crippen molar-refractivity contribution in [3.05, 3.63) is 18.2 Å². The minimum absolute atomic E-state index is 0.458. The normalized spacial score (nSPS) is 8.57. The lowest BCUT2D eigenvalue weighted by molar-refractivity contribution is 0.111. The van der Waals surface area contributed by atoms with Crippen LogP contribution in [-0.2, 0) is 0 Å². The van der Waals surface area contributed by atoms with Gasteiger partial charge in [-0.25, -0.2) is 4.98 Å². The van der Waals surface area contributed by atoms with Gasteiger partial charge in [0.2, 0.25) is 0 Å². The summed E-state index contributed by atoms with van der Waals surface area (Å²) >= 11 is 0. The maximum Gasteiger partial charge on any atom is 0.174 e. The fourth-order valence-electron chi connectivity index (χ4n) is 0.291. The first-order chi connectivity index (χ1) is 3.43. The molecule has 0 aromatic carbocycles. The molecular weight excluding hydrogens is 92.1 g/mol. The number of carbonyl (C=O) groups is 1. The van der Waals surface area contributed by atoms with Gasteiger partial charge in [-0.1, -0.05) is 0 Å². The van der Waals surface area contributed by atoms with Gasteiger partial charge in [0, 0.05) is 0 Å². The number of nitrogens with one attached hydrogen (secondary N) is 1. The van der Waals surface area contributed by atoms with Crippen molar-refractivity contribution in [1.82, 2.24) is 9.97 Å². The Morgan fingerprint density at radius 3 is 3.14 bits per heavy atom. The molecule has 0 saturated carbocycles. The fraction of sp³-hybridized carbons (Fsp3) is 0. The van der Waals surface area contributed by atoms with Crippen LogP contribution < -0.4 is 0 Å². The number of rotatable bonds is 1. The van der Waals surface area contributed by atoms with Crippen molar-refractivity contribution in [3.63, 3.8) is 0 Å². The van der Waals surface area contributed by atoms with E-state index in [-0.39, 0.29) is 0 Å². The summed E-state index contributed by atoms with van der Waals surface area (Å²) in [6.07, 6.45) is 4.47. The van der Waals surface area contributed by atoms with E-state index in [0.717, 1.165) is 0 Å². The van der Waals surface area contributed by atoms with E-state index < -0.39 is 0 Å². The van der Waals surface area contributed by atoms with Crippen molar-refractivity contribution in [3.8, 4) is 0 Å². The molecule has 1 heterocycles. The molecule has 0 unspecified atom stereocenters. The van der Waals surface area contributed by atoms with Gasteiger partial charge >= 0.3 is 0 Å². The fourth-order valence-corrected chi connectivity index (χ4v) is 0.291. The molecule has 1 aromatic rings. The van der Waals surface area contributed by atoms with E-state index in [0.29, 0.717) is 12.0 Å². The number of hydrogen-bond acceptors (Lipinski definition) is 2. The summed E-state index contributed by atoms with van der Waals surface area (Å²) in [4.78, 5) is 15.7. The number of carbonyl (C=O) groups excluding carboxylic acids is 1. The van der Waals surface area contributed by atoms with Crippen LogP contribution in [0.4, 0.5) is 0 Å². The Morgan fingerprint density at radius 2 is 2.86 bits per heavy atom. The molecule has 3 nitrogen and oxygen atoms in total. The van der Waals surface area contributed by atoms with Gasteiger partial charge in [0.15, 0.2) is 12.6 Å². The van der Waals surface area contributed by atoms with Crippen LogP contribution in [0.15, 0.2) is 6.20 Å². The molecule has 0 saturated heterocycles. The highest BCUT2D eigenvalue weighted by Crippen LogP contribution is 1.79. The van der Waals surface area contributed by atoms with Gasteiger partial charge in [-0.3, -0.25) is 4.79 Å². The number of aromatic nitrogens is 2. The zero-order chi connectivity index (χ0) is 5.11. The Kier molecular flexibility index (Phi) is 0.898. The molecule has 1 radical (unpaired) electrons. The molecule has 0 bridgehead atoms. The maximum absolute atomic E-state index is 9.78. The second-order valence-electron chi connectivity index (χ2n) is 1.07. The number of aromatic amines is 1. The number of aldehydes is 1. The minimum atomic E-state index is 0.458. The SMILES string of the molecule is O=Cc1cn[c][nH]1. The summed E-state index contributed by atoms with van der Waals surface area (Å²) in [6.45, 7) is 0. The van der Waals surface area contributed by atoms with Crippen LogP contribution >= 0.6 is 0 Å². The predicted molar refractivity (Wildman–Crippen MR) is 22.8 cm³/mol. The molecule has 1 aromatic heterocycles. The van der Waals surface area contributed by atoms with E-state index in [1.54, 1.807) is 0 Å². The van der Waals surface area contributed by atoms with Crippen LogP contribution in [0.25, 0.3) is 0 Å². The molecule has 35 valence electrons. The van der Waals surface area contributed by atoms with E-state index in [2.05, 4.69) is 16.3 Å². The van der Waals surface area contributed by atoms with Crippen LogP contribution in [0.5, 0.6) is 0 Å². The average Bonchev–Trinajstić information content (AvgIpc) is 2.14. The second-order valence-corrected chi connectivity index (χ2v) is 1.07.